The minimum Gasteiger partial charge on any atom is -0.496 e. The number of aryl methyl sites for hydroxylation is 1. The summed E-state index contributed by atoms with van der Waals surface area (Å²) in [5.41, 5.74) is 2.76. The van der Waals surface area contributed by atoms with Crippen LogP contribution in [0.4, 0.5) is 11.4 Å². The van der Waals surface area contributed by atoms with Crippen molar-refractivity contribution in [1.29, 1.82) is 0 Å². The van der Waals surface area contributed by atoms with E-state index in [4.69, 9.17) is 9.84 Å². The fourth-order valence-corrected chi connectivity index (χ4v) is 2.43. The molecule has 0 unspecified atom stereocenters. The van der Waals surface area contributed by atoms with E-state index in [2.05, 4.69) is 21.2 Å². The van der Waals surface area contributed by atoms with Crippen molar-refractivity contribution in [3.8, 4) is 5.75 Å². The molecule has 0 bridgehead atoms. The Balaban J connectivity index is 2.24. The quantitative estimate of drug-likeness (QED) is 0.878. The maximum atomic E-state index is 11.0. The summed E-state index contributed by atoms with van der Waals surface area (Å²) in [7, 11) is 1.61. The molecule has 0 radical (unpaired) electrons. The summed E-state index contributed by atoms with van der Waals surface area (Å²) < 4.78 is 6.02. The van der Waals surface area contributed by atoms with Crippen molar-refractivity contribution < 1.29 is 14.6 Å². The van der Waals surface area contributed by atoms with Crippen LogP contribution < -0.4 is 10.1 Å². The van der Waals surface area contributed by atoms with E-state index in [-0.39, 0.29) is 0 Å². The lowest BCUT2D eigenvalue weighted by atomic mass is 10.1. The molecule has 0 saturated heterocycles. The highest BCUT2D eigenvalue weighted by Gasteiger charge is 2.07. The number of aromatic carboxylic acids is 1. The third-order valence-corrected chi connectivity index (χ3v) is 3.52. The summed E-state index contributed by atoms with van der Waals surface area (Å²) in [5, 5.41) is 12.2. The molecule has 0 aliphatic heterocycles. The van der Waals surface area contributed by atoms with Crippen LogP contribution in [0.3, 0.4) is 0 Å². The average Bonchev–Trinajstić information content (AvgIpc) is 2.38. The second-order valence-electron chi connectivity index (χ2n) is 4.31. The van der Waals surface area contributed by atoms with Gasteiger partial charge in [-0.15, -0.1) is 0 Å². The van der Waals surface area contributed by atoms with E-state index in [0.717, 1.165) is 27.2 Å². The van der Waals surface area contributed by atoms with Crippen molar-refractivity contribution in [2.45, 2.75) is 6.92 Å². The van der Waals surface area contributed by atoms with Crippen molar-refractivity contribution >= 4 is 33.3 Å². The van der Waals surface area contributed by atoms with E-state index in [1.165, 1.54) is 0 Å². The summed E-state index contributed by atoms with van der Waals surface area (Å²) in [6, 6.07) is 10.8. The zero-order valence-electron chi connectivity index (χ0n) is 11.1. The number of rotatable bonds is 4. The fourth-order valence-electron chi connectivity index (χ4n) is 1.89. The van der Waals surface area contributed by atoms with Crippen LogP contribution in [0.25, 0.3) is 0 Å². The van der Waals surface area contributed by atoms with Gasteiger partial charge in [-0.1, -0.05) is 0 Å². The molecular formula is C15H14BrNO3. The minimum atomic E-state index is -0.916. The molecule has 2 rings (SSSR count). The van der Waals surface area contributed by atoms with Gasteiger partial charge >= 0.3 is 5.97 Å². The molecule has 2 aromatic carbocycles. The maximum Gasteiger partial charge on any atom is 0.335 e. The molecule has 0 amide bonds. The van der Waals surface area contributed by atoms with Crippen LogP contribution in [-0.4, -0.2) is 18.2 Å². The molecule has 2 aromatic rings. The number of halogens is 1. The van der Waals surface area contributed by atoms with Gasteiger partial charge in [0.2, 0.25) is 0 Å². The van der Waals surface area contributed by atoms with E-state index in [1.807, 2.05) is 24.3 Å². The second-order valence-corrected chi connectivity index (χ2v) is 5.16. The predicted octanol–water partition coefficient (Wildman–Crippen LogP) is 4.21. The molecule has 0 aromatic heterocycles. The zero-order valence-corrected chi connectivity index (χ0v) is 12.7. The summed E-state index contributed by atoms with van der Waals surface area (Å²) >= 11 is 3.42. The first kappa shape index (κ1) is 14.4. The molecule has 0 spiro atoms. The van der Waals surface area contributed by atoms with Crippen LogP contribution in [0.1, 0.15) is 15.9 Å². The highest BCUT2D eigenvalue weighted by Crippen LogP contribution is 2.29. The predicted molar refractivity (Wildman–Crippen MR) is 82.1 cm³/mol. The molecule has 0 atom stereocenters. The molecule has 20 heavy (non-hydrogen) atoms. The molecule has 0 saturated carbocycles. The van der Waals surface area contributed by atoms with Gasteiger partial charge in [0.25, 0.3) is 0 Å². The van der Waals surface area contributed by atoms with Gasteiger partial charge in [-0.05, 0) is 64.8 Å². The van der Waals surface area contributed by atoms with Gasteiger partial charge in [0, 0.05) is 11.4 Å². The number of ether oxygens (including phenoxy) is 1. The molecule has 0 fully saturated rings. The summed E-state index contributed by atoms with van der Waals surface area (Å²) in [6.07, 6.45) is 0. The van der Waals surface area contributed by atoms with E-state index < -0.39 is 5.97 Å². The van der Waals surface area contributed by atoms with Gasteiger partial charge in [-0.3, -0.25) is 0 Å². The Hall–Kier alpha value is -2.01. The van der Waals surface area contributed by atoms with Gasteiger partial charge in [-0.25, -0.2) is 4.79 Å². The minimum absolute atomic E-state index is 0.312. The molecule has 2 N–H and O–H groups in total. The van der Waals surface area contributed by atoms with Crippen molar-refractivity contribution in [2.24, 2.45) is 0 Å². The van der Waals surface area contributed by atoms with Crippen LogP contribution in [0, 0.1) is 6.92 Å². The number of anilines is 2. The number of benzene rings is 2. The number of carboxylic acids is 1. The smallest absolute Gasteiger partial charge is 0.335 e. The van der Waals surface area contributed by atoms with Crippen LogP contribution in [-0.2, 0) is 0 Å². The Bertz CT molecular complexity index is 656. The van der Waals surface area contributed by atoms with Gasteiger partial charge < -0.3 is 15.2 Å². The summed E-state index contributed by atoms with van der Waals surface area (Å²) in [6.45, 7) is 1.78. The zero-order chi connectivity index (χ0) is 14.7. The highest BCUT2D eigenvalue weighted by molar-refractivity contribution is 9.10. The largest absolute Gasteiger partial charge is 0.496 e. The van der Waals surface area contributed by atoms with Crippen molar-refractivity contribution in [3.63, 3.8) is 0 Å². The van der Waals surface area contributed by atoms with E-state index in [1.54, 1.807) is 26.2 Å². The lowest BCUT2D eigenvalue weighted by Crippen LogP contribution is -2.00. The number of carboxylic acid groups (broad SMARTS) is 1. The first-order chi connectivity index (χ1) is 9.51. The van der Waals surface area contributed by atoms with Crippen LogP contribution >= 0.6 is 15.9 Å². The number of methoxy groups -OCH3 is 1. The molecule has 4 nitrogen and oxygen atoms in total. The number of hydrogen-bond acceptors (Lipinski definition) is 3. The highest BCUT2D eigenvalue weighted by atomic mass is 79.9. The summed E-state index contributed by atoms with van der Waals surface area (Å²) in [5.74, 6) is -0.158. The third-order valence-electron chi connectivity index (χ3n) is 2.90. The van der Waals surface area contributed by atoms with Crippen LogP contribution in [0.15, 0.2) is 40.9 Å². The Morgan fingerprint density at radius 2 is 1.85 bits per heavy atom. The van der Waals surface area contributed by atoms with Gasteiger partial charge in [0.15, 0.2) is 0 Å². The Labute approximate surface area is 125 Å². The monoisotopic (exact) mass is 335 g/mol. The number of carbonyl (C=O) groups is 1. The first-order valence-corrected chi connectivity index (χ1v) is 6.75. The third kappa shape index (κ3) is 3.11. The van der Waals surface area contributed by atoms with E-state index >= 15 is 0 Å². The standard InChI is InChI=1S/C15H14BrNO3/c1-9-7-10(3-5-12(9)15(18)19)17-11-4-6-14(20-2)13(16)8-11/h3-8,17H,1-2H3,(H,18,19). The molecule has 0 aliphatic carbocycles. The van der Waals surface area contributed by atoms with E-state index in [9.17, 15) is 4.79 Å². The van der Waals surface area contributed by atoms with Crippen molar-refractivity contribution in [1.82, 2.24) is 0 Å². The van der Waals surface area contributed by atoms with Gasteiger partial charge in [-0.2, -0.15) is 0 Å². The van der Waals surface area contributed by atoms with Crippen molar-refractivity contribution in [2.75, 3.05) is 12.4 Å². The lowest BCUT2D eigenvalue weighted by Gasteiger charge is -2.10. The van der Waals surface area contributed by atoms with Crippen molar-refractivity contribution in [3.05, 3.63) is 52.0 Å². The average molecular weight is 336 g/mol. The Kier molecular flexibility index (Phi) is 4.29. The van der Waals surface area contributed by atoms with Crippen LogP contribution in [0.2, 0.25) is 0 Å². The summed E-state index contributed by atoms with van der Waals surface area (Å²) in [4.78, 5) is 11.0. The molecular weight excluding hydrogens is 322 g/mol. The normalized spacial score (nSPS) is 10.2. The lowest BCUT2D eigenvalue weighted by molar-refractivity contribution is 0.0696. The maximum absolute atomic E-state index is 11.0. The molecule has 0 heterocycles. The van der Waals surface area contributed by atoms with Gasteiger partial charge in [0.05, 0.1) is 17.1 Å². The second kappa shape index (κ2) is 5.96. The molecule has 104 valence electrons. The SMILES string of the molecule is COc1ccc(Nc2ccc(C(=O)O)c(C)c2)cc1Br. The fraction of sp³-hybridized carbons (Fsp3) is 0.133. The van der Waals surface area contributed by atoms with Gasteiger partial charge in [0.1, 0.15) is 5.75 Å². The molecule has 5 heteroatoms. The number of nitrogens with one attached hydrogen (secondary N) is 1. The molecule has 0 aliphatic rings. The topological polar surface area (TPSA) is 58.6 Å². The number of hydrogen-bond donors (Lipinski definition) is 2. The Morgan fingerprint density at radius 1 is 1.20 bits per heavy atom. The first-order valence-electron chi connectivity index (χ1n) is 5.96. The van der Waals surface area contributed by atoms with E-state index in [0.29, 0.717) is 5.56 Å². The van der Waals surface area contributed by atoms with Crippen LogP contribution in [0.5, 0.6) is 5.75 Å². The Morgan fingerprint density at radius 3 is 2.40 bits per heavy atom.